The Morgan fingerprint density at radius 3 is 0.909 bits per heavy atom. The van der Waals surface area contributed by atoms with Crippen LogP contribution in [-0.4, -0.2) is 93.4 Å². The van der Waals surface area contributed by atoms with Crippen LogP contribution in [0.2, 0.25) is 0 Å². The van der Waals surface area contributed by atoms with Crippen LogP contribution in [0.4, 0.5) is 0 Å². The monoisotopic (exact) mass is 414 g/mol. The minimum atomic E-state index is -1.23. The molecule has 0 heterocycles. The van der Waals surface area contributed by atoms with Gasteiger partial charge < -0.3 is 20.4 Å². The van der Waals surface area contributed by atoms with Crippen LogP contribution >= 0.6 is 0 Å². The summed E-state index contributed by atoms with van der Waals surface area (Å²) < 4.78 is 0. The van der Waals surface area contributed by atoms with E-state index in [9.17, 15) is 19.2 Å². The molecule has 0 atom stereocenters. The van der Waals surface area contributed by atoms with E-state index in [4.69, 9.17) is 20.4 Å². The Labute approximate surface area is 146 Å². The van der Waals surface area contributed by atoms with Gasteiger partial charge in [0.1, 0.15) is 0 Å². The smallest absolute Gasteiger partial charge is 0.317 e. The Balaban J connectivity index is -0.00000180. The molecule has 0 aliphatic rings. The summed E-state index contributed by atoms with van der Waals surface area (Å²) in [6, 6.07) is 0. The fourth-order valence-corrected chi connectivity index (χ4v) is 1.48. The minimum Gasteiger partial charge on any atom is -0.480 e. The van der Waals surface area contributed by atoms with Crippen molar-refractivity contribution in [3.8, 4) is 0 Å². The van der Waals surface area contributed by atoms with Gasteiger partial charge in [0, 0.05) is 46.9 Å². The van der Waals surface area contributed by atoms with Gasteiger partial charge >= 0.3 is 23.9 Å². The number of carbonyl (C=O) groups is 4. The zero-order valence-electron chi connectivity index (χ0n) is 11.2. The number of carboxylic acid groups (broad SMARTS) is 4. The van der Waals surface area contributed by atoms with Crippen LogP contribution in [0, 0.1) is 0 Å². The summed E-state index contributed by atoms with van der Waals surface area (Å²) in [5.74, 6) is -4.91. The third-order valence-corrected chi connectivity index (χ3v) is 2.17. The Kier molecular flexibility index (Phi) is 15.8. The van der Waals surface area contributed by atoms with Gasteiger partial charge in [0.2, 0.25) is 0 Å². The van der Waals surface area contributed by atoms with Gasteiger partial charge in [-0.05, 0) is 0 Å². The van der Waals surface area contributed by atoms with Gasteiger partial charge in [-0.3, -0.25) is 29.0 Å². The van der Waals surface area contributed by atoms with E-state index in [0.29, 0.717) is 0 Å². The fourth-order valence-electron chi connectivity index (χ4n) is 1.48. The van der Waals surface area contributed by atoms with Gasteiger partial charge in [-0.1, -0.05) is 0 Å². The maximum Gasteiger partial charge on any atom is 0.317 e. The van der Waals surface area contributed by atoms with Crippen LogP contribution in [-0.2, 0) is 53.0 Å². The second-order valence-electron chi connectivity index (χ2n) is 4.00. The molecule has 10 nitrogen and oxygen atoms in total. The quantitative estimate of drug-likeness (QED) is 0.277. The van der Waals surface area contributed by atoms with Gasteiger partial charge in [-0.25, -0.2) is 0 Å². The second kappa shape index (κ2) is 13.5. The summed E-state index contributed by atoms with van der Waals surface area (Å²) >= 11 is 0. The molecule has 0 aromatic carbocycles. The molecule has 0 rings (SSSR count). The molecule has 4 N–H and O–H groups in total. The number of aliphatic carboxylic acids is 4. The molecule has 134 valence electrons. The molecule has 0 fully saturated rings. The SMILES string of the molecule is O=C(O)CN(CCN(CC(=O)O)CC(=O)O)CC(=O)O.[Co].[Cu]. The van der Waals surface area contributed by atoms with Crippen LogP contribution < -0.4 is 0 Å². The van der Waals surface area contributed by atoms with E-state index >= 15 is 0 Å². The topological polar surface area (TPSA) is 156 Å². The molecule has 0 spiro atoms. The number of hydrogen-bond donors (Lipinski definition) is 4. The summed E-state index contributed by atoms with van der Waals surface area (Å²) in [7, 11) is 0. The minimum absolute atomic E-state index is 0. The maximum absolute atomic E-state index is 10.6. The largest absolute Gasteiger partial charge is 0.480 e. The summed E-state index contributed by atoms with van der Waals surface area (Å²) in [5.41, 5.74) is 0. The number of rotatable bonds is 11. The first kappa shape index (κ1) is 25.8. The van der Waals surface area contributed by atoms with Crippen LogP contribution in [0.25, 0.3) is 0 Å². The van der Waals surface area contributed by atoms with E-state index < -0.39 is 50.1 Å². The predicted molar refractivity (Wildman–Crippen MR) is 63.4 cm³/mol. The molecule has 0 aliphatic carbocycles. The second-order valence-corrected chi connectivity index (χ2v) is 4.00. The predicted octanol–water partition coefficient (Wildman–Crippen LogP) is -2.08. The van der Waals surface area contributed by atoms with Crippen LogP contribution in [0.1, 0.15) is 0 Å². The molecule has 0 saturated carbocycles. The van der Waals surface area contributed by atoms with Crippen molar-refractivity contribution in [3.05, 3.63) is 0 Å². The Morgan fingerprint density at radius 1 is 0.591 bits per heavy atom. The van der Waals surface area contributed by atoms with Crippen molar-refractivity contribution in [2.75, 3.05) is 39.3 Å². The molecule has 0 saturated heterocycles. The Morgan fingerprint density at radius 2 is 0.773 bits per heavy atom. The summed E-state index contributed by atoms with van der Waals surface area (Å²) in [6.07, 6.45) is 0. The molecule has 0 aromatic rings. The average Bonchev–Trinajstić information content (AvgIpc) is 2.22. The zero-order chi connectivity index (χ0) is 15.7. The van der Waals surface area contributed by atoms with Gasteiger partial charge in [0.05, 0.1) is 26.2 Å². The van der Waals surface area contributed by atoms with Crippen molar-refractivity contribution in [2.24, 2.45) is 0 Å². The van der Waals surface area contributed by atoms with Crippen molar-refractivity contribution < 1.29 is 73.5 Å². The van der Waals surface area contributed by atoms with Gasteiger partial charge in [-0.2, -0.15) is 0 Å². The van der Waals surface area contributed by atoms with Crippen molar-refractivity contribution in [3.63, 3.8) is 0 Å². The first-order valence-electron chi connectivity index (χ1n) is 5.52. The summed E-state index contributed by atoms with van der Waals surface area (Å²) in [4.78, 5) is 44.4. The molecule has 0 amide bonds. The average molecular weight is 415 g/mol. The van der Waals surface area contributed by atoms with Gasteiger partial charge in [-0.15, -0.1) is 0 Å². The Bertz CT molecular complexity index is 327. The molecule has 0 aromatic heterocycles. The van der Waals surface area contributed by atoms with Crippen LogP contribution in [0.15, 0.2) is 0 Å². The number of carboxylic acids is 4. The molecule has 0 unspecified atom stereocenters. The third-order valence-electron chi connectivity index (χ3n) is 2.17. The molecule has 22 heavy (non-hydrogen) atoms. The van der Waals surface area contributed by atoms with E-state index in [-0.39, 0.29) is 46.9 Å². The summed E-state index contributed by atoms with van der Waals surface area (Å²) in [6.45, 7) is -2.25. The zero-order valence-corrected chi connectivity index (χ0v) is 13.2. The molecular formula is C10H16CoCuN2O8. The van der Waals surface area contributed by atoms with Crippen molar-refractivity contribution in [2.45, 2.75) is 0 Å². The van der Waals surface area contributed by atoms with Crippen molar-refractivity contribution in [1.29, 1.82) is 0 Å². The first-order chi connectivity index (χ1) is 9.20. The maximum atomic E-state index is 10.6. The molecular weight excluding hydrogens is 399 g/mol. The molecule has 0 aliphatic heterocycles. The van der Waals surface area contributed by atoms with E-state index in [2.05, 4.69) is 0 Å². The van der Waals surface area contributed by atoms with E-state index in [1.165, 1.54) is 0 Å². The van der Waals surface area contributed by atoms with E-state index in [1.54, 1.807) is 0 Å². The fraction of sp³-hybridized carbons (Fsp3) is 0.600. The summed E-state index contributed by atoms with van der Waals surface area (Å²) in [5, 5.41) is 34.5. The van der Waals surface area contributed by atoms with Gasteiger partial charge in [0.25, 0.3) is 0 Å². The van der Waals surface area contributed by atoms with Crippen molar-refractivity contribution >= 4 is 23.9 Å². The van der Waals surface area contributed by atoms with Gasteiger partial charge in [0.15, 0.2) is 0 Å². The Hall–Kier alpha value is -1.17. The molecule has 2 radical (unpaired) electrons. The van der Waals surface area contributed by atoms with E-state index in [0.717, 1.165) is 9.80 Å². The van der Waals surface area contributed by atoms with E-state index in [1.807, 2.05) is 0 Å². The number of nitrogens with zero attached hydrogens (tertiary/aromatic N) is 2. The third kappa shape index (κ3) is 15.2. The number of hydrogen-bond acceptors (Lipinski definition) is 6. The van der Waals surface area contributed by atoms with Crippen molar-refractivity contribution in [1.82, 2.24) is 9.80 Å². The standard InChI is InChI=1S/C10H16N2O8.Co.Cu/c13-7(14)3-11(4-8(15)16)1-2-12(5-9(17)18)6-10(19)20;;/h1-6H2,(H,13,14)(H,15,16)(H,17,18)(H,19,20);;. The molecule has 0 bridgehead atoms. The van der Waals surface area contributed by atoms with Crippen LogP contribution in [0.3, 0.4) is 0 Å². The van der Waals surface area contributed by atoms with Crippen LogP contribution in [0.5, 0.6) is 0 Å². The normalized spacial score (nSPS) is 9.73. The molecule has 12 heteroatoms. The first-order valence-corrected chi connectivity index (χ1v) is 5.52.